The maximum Gasteiger partial charge on any atom is 0.336 e. The molecule has 1 fully saturated rings. The van der Waals surface area contributed by atoms with Crippen LogP contribution in [0.2, 0.25) is 0 Å². The van der Waals surface area contributed by atoms with Gasteiger partial charge in [0.05, 0.1) is 11.9 Å². The van der Waals surface area contributed by atoms with Crippen molar-refractivity contribution in [1.82, 2.24) is 14.9 Å². The molecule has 7 nitrogen and oxygen atoms in total. The number of carbonyl (C=O) groups excluding carboxylic acids is 3. The predicted molar refractivity (Wildman–Crippen MR) is 121 cm³/mol. The number of aryl methyl sites for hydroxylation is 2. The summed E-state index contributed by atoms with van der Waals surface area (Å²) in [6.45, 7) is 5.90. The van der Waals surface area contributed by atoms with Crippen LogP contribution in [-0.4, -0.2) is 27.4 Å². The molecule has 4 rings (SSSR count). The van der Waals surface area contributed by atoms with Crippen LogP contribution >= 0.6 is 15.9 Å². The predicted octanol–water partition coefficient (Wildman–Crippen LogP) is 4.23. The largest absolute Gasteiger partial charge is 0.336 e. The summed E-state index contributed by atoms with van der Waals surface area (Å²) in [5, 5.41) is 2.23. The van der Waals surface area contributed by atoms with Crippen molar-refractivity contribution in [2.75, 3.05) is 4.90 Å². The number of amides is 4. The zero-order chi connectivity index (χ0) is 22.3. The Balaban J connectivity index is 1.77. The molecular formula is C23H19BrN4O3. The number of rotatable bonds is 3. The van der Waals surface area contributed by atoms with E-state index >= 15 is 0 Å². The lowest BCUT2D eigenvalue weighted by Gasteiger charge is -2.26. The van der Waals surface area contributed by atoms with Crippen molar-refractivity contribution in [1.29, 1.82) is 0 Å². The Hall–Kier alpha value is -3.52. The molecule has 0 atom stereocenters. The number of carbonyl (C=O) groups is 3. The molecule has 1 aliphatic rings. The average Bonchev–Trinajstić information content (AvgIpc) is 3.01. The number of benzene rings is 1. The summed E-state index contributed by atoms with van der Waals surface area (Å²) in [4.78, 5) is 42.7. The number of imide groups is 2. The third kappa shape index (κ3) is 3.70. The summed E-state index contributed by atoms with van der Waals surface area (Å²) >= 11 is 3.52. The molecule has 1 N–H and O–H groups in total. The summed E-state index contributed by atoms with van der Waals surface area (Å²) in [5.74, 6) is -1.41. The number of pyridine rings is 1. The fourth-order valence-corrected chi connectivity index (χ4v) is 3.88. The topological polar surface area (TPSA) is 84.3 Å². The molecule has 156 valence electrons. The Morgan fingerprint density at radius 2 is 1.81 bits per heavy atom. The molecule has 0 unspecified atom stereocenters. The highest BCUT2D eigenvalue weighted by atomic mass is 79.9. The molecule has 2 aromatic heterocycles. The summed E-state index contributed by atoms with van der Waals surface area (Å²) < 4.78 is 3.08. The molecule has 31 heavy (non-hydrogen) atoms. The Bertz CT molecular complexity index is 1260. The van der Waals surface area contributed by atoms with E-state index in [1.54, 1.807) is 12.1 Å². The van der Waals surface area contributed by atoms with Gasteiger partial charge in [0.25, 0.3) is 11.8 Å². The van der Waals surface area contributed by atoms with Gasteiger partial charge in [0.15, 0.2) is 0 Å². The van der Waals surface area contributed by atoms with Crippen LogP contribution in [0.3, 0.4) is 0 Å². The second kappa shape index (κ2) is 7.96. The highest BCUT2D eigenvalue weighted by molar-refractivity contribution is 9.10. The average molecular weight is 479 g/mol. The van der Waals surface area contributed by atoms with Gasteiger partial charge in [-0.15, -0.1) is 0 Å². The van der Waals surface area contributed by atoms with Crippen LogP contribution in [0, 0.1) is 20.8 Å². The van der Waals surface area contributed by atoms with Gasteiger partial charge in [-0.05, 0) is 74.4 Å². The third-order valence-electron chi connectivity index (χ3n) is 5.18. The van der Waals surface area contributed by atoms with E-state index < -0.39 is 17.8 Å². The van der Waals surface area contributed by atoms with Crippen LogP contribution in [0.5, 0.6) is 0 Å². The zero-order valence-electron chi connectivity index (χ0n) is 17.1. The van der Waals surface area contributed by atoms with Crippen molar-refractivity contribution < 1.29 is 14.4 Å². The molecule has 1 aromatic carbocycles. The summed E-state index contributed by atoms with van der Waals surface area (Å²) in [6, 6.07) is 10.3. The second-order valence-electron chi connectivity index (χ2n) is 7.26. The number of urea groups is 1. The Morgan fingerprint density at radius 1 is 1.03 bits per heavy atom. The van der Waals surface area contributed by atoms with Crippen molar-refractivity contribution in [2.24, 2.45) is 0 Å². The molecule has 0 saturated carbocycles. The van der Waals surface area contributed by atoms with Gasteiger partial charge in [-0.1, -0.05) is 15.9 Å². The highest BCUT2D eigenvalue weighted by Crippen LogP contribution is 2.27. The summed E-state index contributed by atoms with van der Waals surface area (Å²) in [7, 11) is 0. The van der Waals surface area contributed by atoms with E-state index in [-0.39, 0.29) is 5.57 Å². The number of aromatic nitrogens is 2. The van der Waals surface area contributed by atoms with Crippen LogP contribution in [0.1, 0.15) is 22.5 Å². The summed E-state index contributed by atoms with van der Waals surface area (Å²) in [6.07, 6.45) is 4.46. The SMILES string of the molecule is Cc1cc(-n2c(C)cc(/C=C3\C(=O)NC(=O)N(c4cccnc4)C3=O)c2C)ccc1Br. The van der Waals surface area contributed by atoms with Crippen molar-refractivity contribution >= 4 is 45.5 Å². The van der Waals surface area contributed by atoms with Gasteiger partial charge in [0.1, 0.15) is 5.57 Å². The maximum atomic E-state index is 13.0. The number of nitrogens with zero attached hydrogens (tertiary/aromatic N) is 3. The van der Waals surface area contributed by atoms with Crippen LogP contribution in [-0.2, 0) is 9.59 Å². The molecule has 0 bridgehead atoms. The van der Waals surface area contributed by atoms with Gasteiger partial charge in [-0.3, -0.25) is 19.9 Å². The first-order valence-electron chi connectivity index (χ1n) is 9.55. The maximum absolute atomic E-state index is 13.0. The van der Waals surface area contributed by atoms with E-state index in [2.05, 4.69) is 36.9 Å². The van der Waals surface area contributed by atoms with Crippen LogP contribution in [0.25, 0.3) is 11.8 Å². The molecule has 8 heteroatoms. The van der Waals surface area contributed by atoms with Gasteiger partial charge in [0, 0.05) is 27.7 Å². The number of halogens is 1. The molecule has 3 heterocycles. The van der Waals surface area contributed by atoms with Crippen molar-refractivity contribution in [3.05, 3.63) is 81.4 Å². The highest BCUT2D eigenvalue weighted by Gasteiger charge is 2.37. The zero-order valence-corrected chi connectivity index (χ0v) is 18.7. The first-order chi connectivity index (χ1) is 14.8. The number of nitrogens with one attached hydrogen (secondary N) is 1. The lowest BCUT2D eigenvalue weighted by atomic mass is 10.1. The quantitative estimate of drug-likeness (QED) is 0.450. The van der Waals surface area contributed by atoms with Gasteiger partial charge < -0.3 is 4.57 Å². The van der Waals surface area contributed by atoms with Crippen molar-refractivity contribution in [2.45, 2.75) is 20.8 Å². The van der Waals surface area contributed by atoms with Gasteiger partial charge >= 0.3 is 6.03 Å². The molecule has 1 saturated heterocycles. The Kier molecular flexibility index (Phi) is 5.32. The van der Waals surface area contributed by atoms with E-state index in [1.807, 2.05) is 39.0 Å². The van der Waals surface area contributed by atoms with Crippen LogP contribution in [0.4, 0.5) is 10.5 Å². The number of hydrogen-bond acceptors (Lipinski definition) is 4. The lowest BCUT2D eigenvalue weighted by Crippen LogP contribution is -2.54. The standard InChI is InChI=1S/C23H19BrN4O3/c1-13-9-17(6-7-20(13)24)27-14(2)10-16(15(27)3)11-19-21(29)26-23(31)28(22(19)30)18-5-4-8-25-12-18/h4-12H,1-3H3,(H,26,29,31)/b19-11+. The van der Waals surface area contributed by atoms with Gasteiger partial charge in [-0.25, -0.2) is 9.69 Å². The number of hydrogen-bond donors (Lipinski definition) is 1. The van der Waals surface area contributed by atoms with Crippen LogP contribution in [0.15, 0.2) is 58.8 Å². The first-order valence-corrected chi connectivity index (χ1v) is 10.3. The van der Waals surface area contributed by atoms with Crippen molar-refractivity contribution in [3.63, 3.8) is 0 Å². The fourth-order valence-electron chi connectivity index (χ4n) is 3.63. The molecule has 4 amide bonds. The lowest BCUT2D eigenvalue weighted by molar-refractivity contribution is -0.122. The molecule has 3 aromatic rings. The molecule has 0 radical (unpaired) electrons. The molecule has 1 aliphatic heterocycles. The van der Waals surface area contributed by atoms with E-state index in [9.17, 15) is 14.4 Å². The van der Waals surface area contributed by atoms with E-state index in [0.29, 0.717) is 5.69 Å². The monoisotopic (exact) mass is 478 g/mol. The second-order valence-corrected chi connectivity index (χ2v) is 8.12. The molecule has 0 spiro atoms. The smallest absolute Gasteiger partial charge is 0.318 e. The van der Waals surface area contributed by atoms with Crippen molar-refractivity contribution in [3.8, 4) is 5.69 Å². The molecule has 0 aliphatic carbocycles. The molecular weight excluding hydrogens is 460 g/mol. The van der Waals surface area contributed by atoms with E-state index in [0.717, 1.165) is 37.6 Å². The van der Waals surface area contributed by atoms with Gasteiger partial charge in [0.2, 0.25) is 0 Å². The fraction of sp³-hybridized carbons (Fsp3) is 0.130. The summed E-state index contributed by atoms with van der Waals surface area (Å²) in [5.41, 5.74) is 4.79. The normalized spacial score (nSPS) is 15.5. The van der Waals surface area contributed by atoms with Gasteiger partial charge in [-0.2, -0.15) is 0 Å². The van der Waals surface area contributed by atoms with E-state index in [1.165, 1.54) is 18.5 Å². The third-order valence-corrected chi connectivity index (χ3v) is 6.07. The number of anilines is 1. The number of barbiturate groups is 1. The first kappa shape index (κ1) is 20.7. The Morgan fingerprint density at radius 3 is 2.48 bits per heavy atom. The minimum absolute atomic E-state index is 0.115. The minimum atomic E-state index is -0.795. The van der Waals surface area contributed by atoms with E-state index in [4.69, 9.17) is 0 Å². The minimum Gasteiger partial charge on any atom is -0.318 e. The Labute approximate surface area is 187 Å². The van der Waals surface area contributed by atoms with Crippen LogP contribution < -0.4 is 10.2 Å².